The lowest BCUT2D eigenvalue weighted by Crippen LogP contribution is -2.20. The molecule has 0 bridgehead atoms. The van der Waals surface area contributed by atoms with E-state index in [2.05, 4.69) is 6.92 Å². The predicted molar refractivity (Wildman–Crippen MR) is 56.0 cm³/mol. The molecule has 0 fully saturated rings. The van der Waals surface area contributed by atoms with Crippen LogP contribution in [0.2, 0.25) is 0 Å². The summed E-state index contributed by atoms with van der Waals surface area (Å²) >= 11 is 0. The van der Waals surface area contributed by atoms with Gasteiger partial charge in [-0.2, -0.15) is 0 Å². The minimum Gasteiger partial charge on any atom is -0.300 e. The van der Waals surface area contributed by atoms with Gasteiger partial charge in [-0.1, -0.05) is 13.0 Å². The molecule has 2 atom stereocenters. The Morgan fingerprint density at radius 2 is 2.29 bits per heavy atom. The second-order valence-electron chi connectivity index (χ2n) is 4.21. The number of hydrogen-bond acceptors (Lipinski definition) is 2. The van der Waals surface area contributed by atoms with Crippen LogP contribution in [0.15, 0.2) is 12.2 Å². The molecular formula is C12H18O2. The van der Waals surface area contributed by atoms with Gasteiger partial charge in [0.2, 0.25) is 0 Å². The molecule has 0 aromatic heterocycles. The Balaban J connectivity index is 2.57. The van der Waals surface area contributed by atoms with E-state index in [4.69, 9.17) is 0 Å². The summed E-state index contributed by atoms with van der Waals surface area (Å²) in [5.41, 5.74) is 0. The van der Waals surface area contributed by atoms with Crippen molar-refractivity contribution in [3.8, 4) is 0 Å². The van der Waals surface area contributed by atoms with Crippen LogP contribution in [0, 0.1) is 11.8 Å². The summed E-state index contributed by atoms with van der Waals surface area (Å²) < 4.78 is 0. The highest BCUT2D eigenvalue weighted by Gasteiger charge is 2.24. The van der Waals surface area contributed by atoms with Gasteiger partial charge >= 0.3 is 0 Å². The van der Waals surface area contributed by atoms with Crippen molar-refractivity contribution in [3.05, 3.63) is 12.2 Å². The van der Waals surface area contributed by atoms with E-state index in [1.54, 1.807) is 13.0 Å². The highest BCUT2D eigenvalue weighted by atomic mass is 16.1. The molecule has 0 unspecified atom stereocenters. The Labute approximate surface area is 85.4 Å². The molecule has 2 nitrogen and oxygen atoms in total. The van der Waals surface area contributed by atoms with E-state index in [0.29, 0.717) is 12.3 Å². The van der Waals surface area contributed by atoms with Crippen LogP contribution in [0.3, 0.4) is 0 Å². The van der Waals surface area contributed by atoms with Crippen molar-refractivity contribution in [3.63, 3.8) is 0 Å². The first kappa shape index (κ1) is 11.2. The second kappa shape index (κ2) is 5.08. The molecule has 1 aliphatic rings. The van der Waals surface area contributed by atoms with Crippen molar-refractivity contribution in [2.75, 3.05) is 0 Å². The highest BCUT2D eigenvalue weighted by molar-refractivity contribution is 5.92. The van der Waals surface area contributed by atoms with Crippen LogP contribution < -0.4 is 0 Å². The molecule has 1 rings (SSSR count). The molecule has 1 aliphatic carbocycles. The number of carbonyl (C=O) groups excluding carboxylic acids is 2. The molecule has 0 amide bonds. The molecule has 0 radical (unpaired) electrons. The largest absolute Gasteiger partial charge is 0.300 e. The van der Waals surface area contributed by atoms with Crippen molar-refractivity contribution in [2.24, 2.45) is 11.8 Å². The topological polar surface area (TPSA) is 34.1 Å². The summed E-state index contributed by atoms with van der Waals surface area (Å²) in [6.07, 6.45) is 6.95. The fourth-order valence-corrected chi connectivity index (χ4v) is 1.95. The molecular weight excluding hydrogens is 176 g/mol. The smallest absolute Gasteiger partial charge is 0.158 e. The lowest BCUT2D eigenvalue weighted by atomic mass is 9.85. The van der Waals surface area contributed by atoms with E-state index < -0.39 is 0 Å². The number of rotatable bonds is 3. The van der Waals surface area contributed by atoms with Gasteiger partial charge in [-0.05, 0) is 38.2 Å². The summed E-state index contributed by atoms with van der Waals surface area (Å²) in [5, 5.41) is 0. The molecule has 0 aromatic rings. The molecule has 0 saturated carbocycles. The Bertz CT molecular complexity index is 253. The van der Waals surface area contributed by atoms with Crippen molar-refractivity contribution < 1.29 is 9.59 Å². The standard InChI is InChI=1S/C12H18O2/c1-9-5-3-4-6-12(14)11(9)8-7-10(2)13/h4,6,9,11H,3,5,7-8H2,1-2H3/t9-,11+/m1/s1. The fraction of sp³-hybridized carbons (Fsp3) is 0.667. The lowest BCUT2D eigenvalue weighted by molar-refractivity contribution is -0.120. The third-order valence-electron chi connectivity index (χ3n) is 2.93. The summed E-state index contributed by atoms with van der Waals surface area (Å²) in [6, 6.07) is 0. The van der Waals surface area contributed by atoms with E-state index >= 15 is 0 Å². The fourth-order valence-electron chi connectivity index (χ4n) is 1.95. The Hall–Kier alpha value is -0.920. The monoisotopic (exact) mass is 194 g/mol. The lowest BCUT2D eigenvalue weighted by Gasteiger charge is -2.18. The first-order valence-electron chi connectivity index (χ1n) is 5.31. The van der Waals surface area contributed by atoms with E-state index in [1.165, 1.54) is 0 Å². The molecule has 0 spiro atoms. The van der Waals surface area contributed by atoms with Gasteiger partial charge < -0.3 is 4.79 Å². The van der Waals surface area contributed by atoms with E-state index in [9.17, 15) is 9.59 Å². The van der Waals surface area contributed by atoms with Gasteiger partial charge in [0.25, 0.3) is 0 Å². The number of ketones is 2. The molecule has 78 valence electrons. The summed E-state index contributed by atoms with van der Waals surface area (Å²) in [4.78, 5) is 22.5. The maximum Gasteiger partial charge on any atom is 0.158 e. The van der Waals surface area contributed by atoms with Crippen molar-refractivity contribution in [1.82, 2.24) is 0 Å². The van der Waals surface area contributed by atoms with E-state index in [0.717, 1.165) is 19.3 Å². The number of Topliss-reactive ketones (excluding diaryl/α,β-unsaturated/α-hetero) is 1. The third-order valence-corrected chi connectivity index (χ3v) is 2.93. The van der Waals surface area contributed by atoms with Gasteiger partial charge in [0.1, 0.15) is 5.78 Å². The average molecular weight is 194 g/mol. The maximum absolute atomic E-state index is 11.6. The molecule has 2 heteroatoms. The average Bonchev–Trinajstić information content (AvgIpc) is 2.25. The zero-order chi connectivity index (χ0) is 10.6. The normalized spacial score (nSPS) is 27.4. The van der Waals surface area contributed by atoms with Gasteiger partial charge in [0.05, 0.1) is 0 Å². The Morgan fingerprint density at radius 3 is 2.93 bits per heavy atom. The molecule has 0 saturated heterocycles. The SMILES string of the molecule is CC(=O)CC[C@@H]1C(=O)C=CCC[C@H]1C. The summed E-state index contributed by atoms with van der Waals surface area (Å²) in [6.45, 7) is 3.69. The minimum atomic E-state index is 0.0673. The van der Waals surface area contributed by atoms with Crippen molar-refractivity contribution in [1.29, 1.82) is 0 Å². The number of hydrogen-bond donors (Lipinski definition) is 0. The quantitative estimate of drug-likeness (QED) is 0.691. The van der Waals surface area contributed by atoms with Gasteiger partial charge in [0.15, 0.2) is 5.78 Å². The first-order valence-corrected chi connectivity index (χ1v) is 5.31. The molecule has 14 heavy (non-hydrogen) atoms. The zero-order valence-electron chi connectivity index (χ0n) is 8.95. The number of carbonyl (C=O) groups is 2. The molecule has 0 aromatic carbocycles. The third kappa shape index (κ3) is 3.09. The van der Waals surface area contributed by atoms with Crippen LogP contribution >= 0.6 is 0 Å². The van der Waals surface area contributed by atoms with Gasteiger partial charge in [-0.15, -0.1) is 0 Å². The van der Waals surface area contributed by atoms with Crippen molar-refractivity contribution in [2.45, 2.75) is 39.5 Å². The second-order valence-corrected chi connectivity index (χ2v) is 4.21. The van der Waals surface area contributed by atoms with E-state index in [1.807, 2.05) is 6.08 Å². The van der Waals surface area contributed by atoms with E-state index in [-0.39, 0.29) is 17.5 Å². The van der Waals surface area contributed by atoms with Gasteiger partial charge in [-0.3, -0.25) is 4.79 Å². The zero-order valence-corrected chi connectivity index (χ0v) is 8.95. The first-order chi connectivity index (χ1) is 6.61. The number of allylic oxidation sites excluding steroid dienone is 2. The highest BCUT2D eigenvalue weighted by Crippen LogP contribution is 2.26. The van der Waals surface area contributed by atoms with Crippen LogP contribution in [-0.4, -0.2) is 11.6 Å². The molecule has 0 aliphatic heterocycles. The van der Waals surface area contributed by atoms with Crippen LogP contribution in [0.1, 0.15) is 39.5 Å². The minimum absolute atomic E-state index is 0.0673. The van der Waals surface area contributed by atoms with Gasteiger partial charge in [-0.25, -0.2) is 0 Å². The molecule has 0 heterocycles. The Kier molecular flexibility index (Phi) is 4.05. The van der Waals surface area contributed by atoms with Crippen LogP contribution in [0.5, 0.6) is 0 Å². The van der Waals surface area contributed by atoms with Crippen molar-refractivity contribution >= 4 is 11.6 Å². The predicted octanol–water partition coefficient (Wildman–Crippen LogP) is 2.53. The summed E-state index contributed by atoms with van der Waals surface area (Å²) in [7, 11) is 0. The molecule has 0 N–H and O–H groups in total. The van der Waals surface area contributed by atoms with Crippen LogP contribution in [0.4, 0.5) is 0 Å². The van der Waals surface area contributed by atoms with Crippen LogP contribution in [0.25, 0.3) is 0 Å². The maximum atomic E-state index is 11.6. The van der Waals surface area contributed by atoms with Crippen LogP contribution in [-0.2, 0) is 9.59 Å². The van der Waals surface area contributed by atoms with Gasteiger partial charge in [0, 0.05) is 12.3 Å². The Morgan fingerprint density at radius 1 is 1.57 bits per heavy atom. The summed E-state index contributed by atoms with van der Waals surface area (Å²) in [5.74, 6) is 0.865.